The van der Waals surface area contributed by atoms with Crippen molar-refractivity contribution in [2.24, 2.45) is 0 Å². The van der Waals surface area contributed by atoms with Gasteiger partial charge >= 0.3 is 0 Å². The molecule has 1 aliphatic heterocycles. The number of nitrogens with zero attached hydrogens (tertiary/aromatic N) is 8. The quantitative estimate of drug-likeness (QED) is 0.396. The summed E-state index contributed by atoms with van der Waals surface area (Å²) in [5.41, 5.74) is 2.79. The Morgan fingerprint density at radius 1 is 0.914 bits per heavy atom. The maximum Gasteiger partial charge on any atom is 0.169 e. The maximum absolute atomic E-state index is 13.1. The van der Waals surface area contributed by atoms with Crippen molar-refractivity contribution in [3.05, 3.63) is 66.5 Å². The van der Waals surface area contributed by atoms with Crippen LogP contribution in [0.5, 0.6) is 0 Å². The number of aromatic nitrogens is 5. The minimum Gasteiger partial charge on any atom is -0.361 e. The van der Waals surface area contributed by atoms with Gasteiger partial charge in [0.2, 0.25) is 0 Å². The van der Waals surface area contributed by atoms with Crippen molar-refractivity contribution in [3.8, 4) is 11.4 Å². The molecule has 0 aliphatic carbocycles. The number of piperazine rings is 1. The number of hydrogen-bond donors (Lipinski definition) is 0. The maximum atomic E-state index is 13.1. The zero-order chi connectivity index (χ0) is 24.4. The minimum atomic E-state index is 0.0217. The van der Waals surface area contributed by atoms with Gasteiger partial charge < -0.3 is 14.7 Å². The monoisotopic (exact) mass is 468 g/mol. The Labute approximate surface area is 204 Å². The molecule has 35 heavy (non-hydrogen) atoms. The zero-order valence-corrected chi connectivity index (χ0v) is 20.2. The lowest BCUT2D eigenvalue weighted by Gasteiger charge is -2.33. The van der Waals surface area contributed by atoms with Crippen molar-refractivity contribution in [1.82, 2.24) is 29.8 Å². The first-order valence-corrected chi connectivity index (χ1v) is 11.6. The van der Waals surface area contributed by atoms with Crippen molar-refractivity contribution in [3.63, 3.8) is 0 Å². The second-order valence-electron chi connectivity index (χ2n) is 9.04. The molecular formula is C26H28N8O. The smallest absolute Gasteiger partial charge is 0.169 e. The van der Waals surface area contributed by atoms with Crippen molar-refractivity contribution in [1.29, 1.82) is 0 Å². The molecule has 9 heteroatoms. The SMILES string of the molecule is CN1CCN(c2cc(C(=O)Cc3cc4cc(-c5cncc(N(C)C)n5)ncc4cn3)ccn2)CC1. The highest BCUT2D eigenvalue weighted by atomic mass is 16.1. The molecule has 0 spiro atoms. The summed E-state index contributed by atoms with van der Waals surface area (Å²) < 4.78 is 0. The fourth-order valence-corrected chi connectivity index (χ4v) is 4.08. The summed E-state index contributed by atoms with van der Waals surface area (Å²) in [6.07, 6.45) is 8.89. The van der Waals surface area contributed by atoms with E-state index in [1.807, 2.05) is 37.2 Å². The van der Waals surface area contributed by atoms with Crippen LogP contribution >= 0.6 is 0 Å². The van der Waals surface area contributed by atoms with E-state index in [0.717, 1.165) is 54.3 Å². The first-order chi connectivity index (χ1) is 17.0. The molecule has 5 heterocycles. The summed E-state index contributed by atoms with van der Waals surface area (Å²) in [6, 6.07) is 7.59. The predicted molar refractivity (Wildman–Crippen MR) is 137 cm³/mol. The van der Waals surface area contributed by atoms with Crippen molar-refractivity contribution in [2.75, 3.05) is 57.1 Å². The van der Waals surface area contributed by atoms with Crippen LogP contribution in [0.4, 0.5) is 11.6 Å². The van der Waals surface area contributed by atoms with Crippen LogP contribution in [-0.4, -0.2) is 82.9 Å². The molecule has 9 nitrogen and oxygen atoms in total. The van der Waals surface area contributed by atoms with E-state index in [1.165, 1.54) is 0 Å². The summed E-state index contributed by atoms with van der Waals surface area (Å²) >= 11 is 0. The molecule has 0 atom stereocenters. The van der Waals surface area contributed by atoms with Crippen LogP contribution in [0.25, 0.3) is 22.2 Å². The Hall–Kier alpha value is -3.98. The van der Waals surface area contributed by atoms with Gasteiger partial charge in [-0.1, -0.05) is 0 Å². The molecule has 4 aromatic rings. The van der Waals surface area contributed by atoms with E-state index in [2.05, 4.69) is 41.8 Å². The van der Waals surface area contributed by atoms with Gasteiger partial charge in [0.05, 0.1) is 24.5 Å². The van der Waals surface area contributed by atoms with Crippen LogP contribution in [-0.2, 0) is 6.42 Å². The normalized spacial score (nSPS) is 14.3. The first kappa shape index (κ1) is 22.8. The number of rotatable bonds is 6. The average molecular weight is 469 g/mol. The highest BCUT2D eigenvalue weighted by Crippen LogP contribution is 2.23. The third-order valence-corrected chi connectivity index (χ3v) is 6.24. The van der Waals surface area contributed by atoms with Crippen LogP contribution < -0.4 is 9.80 Å². The Morgan fingerprint density at radius 2 is 1.71 bits per heavy atom. The van der Waals surface area contributed by atoms with Gasteiger partial charge in [0, 0.05) is 75.5 Å². The van der Waals surface area contributed by atoms with Gasteiger partial charge in [0.15, 0.2) is 5.78 Å². The fraction of sp³-hybridized carbons (Fsp3) is 0.308. The zero-order valence-electron chi connectivity index (χ0n) is 20.2. The third-order valence-electron chi connectivity index (χ3n) is 6.24. The van der Waals surface area contributed by atoms with Gasteiger partial charge in [-0.05, 0) is 36.7 Å². The number of carbonyl (C=O) groups excluding carboxylic acids is 1. The second kappa shape index (κ2) is 9.71. The third kappa shape index (κ3) is 5.09. The minimum absolute atomic E-state index is 0.0217. The number of ketones is 1. The Bertz CT molecular complexity index is 1360. The highest BCUT2D eigenvalue weighted by Gasteiger charge is 2.17. The summed E-state index contributed by atoms with van der Waals surface area (Å²) in [4.78, 5) is 42.0. The van der Waals surface area contributed by atoms with E-state index in [4.69, 9.17) is 0 Å². The van der Waals surface area contributed by atoms with Crippen LogP contribution in [0.15, 0.2) is 55.2 Å². The molecule has 0 radical (unpaired) electrons. The summed E-state index contributed by atoms with van der Waals surface area (Å²) in [5.74, 6) is 1.64. The lowest BCUT2D eigenvalue weighted by Crippen LogP contribution is -2.44. The fourth-order valence-electron chi connectivity index (χ4n) is 4.08. The van der Waals surface area contributed by atoms with Crippen LogP contribution in [0.2, 0.25) is 0 Å². The molecule has 0 unspecified atom stereocenters. The molecule has 1 saturated heterocycles. The molecule has 0 bridgehead atoms. The van der Waals surface area contributed by atoms with Gasteiger partial charge in [-0.25, -0.2) is 9.97 Å². The number of fused-ring (bicyclic) bond motifs is 1. The van der Waals surface area contributed by atoms with Crippen molar-refractivity contribution >= 4 is 28.2 Å². The lowest BCUT2D eigenvalue weighted by molar-refractivity contribution is 0.0992. The number of pyridine rings is 3. The molecule has 5 rings (SSSR count). The first-order valence-electron chi connectivity index (χ1n) is 11.6. The van der Waals surface area contributed by atoms with E-state index in [9.17, 15) is 4.79 Å². The van der Waals surface area contributed by atoms with E-state index < -0.39 is 0 Å². The number of carbonyl (C=O) groups is 1. The van der Waals surface area contributed by atoms with Gasteiger partial charge in [-0.3, -0.25) is 19.7 Å². The Balaban J connectivity index is 1.36. The van der Waals surface area contributed by atoms with Crippen LogP contribution in [0.1, 0.15) is 16.1 Å². The topological polar surface area (TPSA) is 91.2 Å². The molecular weight excluding hydrogens is 440 g/mol. The molecule has 178 valence electrons. The summed E-state index contributed by atoms with van der Waals surface area (Å²) in [5, 5.41) is 1.86. The van der Waals surface area contributed by atoms with Crippen molar-refractivity contribution in [2.45, 2.75) is 6.42 Å². The van der Waals surface area contributed by atoms with E-state index in [0.29, 0.717) is 17.0 Å². The number of Topliss-reactive ketones (excluding diaryl/α,β-unsaturated/α-hetero) is 1. The molecule has 0 amide bonds. The number of anilines is 2. The van der Waals surface area contributed by atoms with E-state index in [-0.39, 0.29) is 12.2 Å². The molecule has 4 aromatic heterocycles. The average Bonchev–Trinajstić information content (AvgIpc) is 2.89. The van der Waals surface area contributed by atoms with Gasteiger partial charge in [-0.15, -0.1) is 0 Å². The van der Waals surface area contributed by atoms with Crippen LogP contribution in [0, 0.1) is 0 Å². The molecule has 0 N–H and O–H groups in total. The van der Waals surface area contributed by atoms with Crippen molar-refractivity contribution < 1.29 is 4.79 Å². The number of hydrogen-bond acceptors (Lipinski definition) is 9. The Morgan fingerprint density at radius 3 is 2.51 bits per heavy atom. The Kier molecular flexibility index (Phi) is 6.33. The largest absolute Gasteiger partial charge is 0.361 e. The molecule has 1 aliphatic rings. The molecule has 1 fully saturated rings. The summed E-state index contributed by atoms with van der Waals surface area (Å²) in [6.45, 7) is 3.79. The van der Waals surface area contributed by atoms with E-state index >= 15 is 0 Å². The van der Waals surface area contributed by atoms with Gasteiger partial charge in [0.25, 0.3) is 0 Å². The van der Waals surface area contributed by atoms with Gasteiger partial charge in [-0.2, -0.15) is 0 Å². The van der Waals surface area contributed by atoms with Gasteiger partial charge in [0.1, 0.15) is 17.3 Å². The standard InChI is InChI=1S/C26H28N8O/c1-32(2)26-17-27-16-23(31-26)22-11-19-10-21(29-14-20(19)15-30-22)13-24(35)18-4-5-28-25(12-18)34-8-6-33(3)7-9-34/h4-5,10-12,14-17H,6-9,13H2,1-3H3. The van der Waals surface area contributed by atoms with E-state index in [1.54, 1.807) is 37.1 Å². The predicted octanol–water partition coefficient (Wildman–Crippen LogP) is 2.73. The molecule has 0 saturated carbocycles. The number of likely N-dealkylation sites (N-methyl/N-ethyl adjacent to an activating group) is 1. The van der Waals surface area contributed by atoms with Crippen LogP contribution in [0.3, 0.4) is 0 Å². The lowest BCUT2D eigenvalue weighted by atomic mass is 10.1. The second-order valence-corrected chi connectivity index (χ2v) is 9.04. The molecule has 0 aromatic carbocycles. The highest BCUT2D eigenvalue weighted by molar-refractivity contribution is 5.98. The summed E-state index contributed by atoms with van der Waals surface area (Å²) in [7, 11) is 5.97.